The Labute approximate surface area is 216 Å². The van der Waals surface area contributed by atoms with Gasteiger partial charge in [0.25, 0.3) is 11.8 Å². The van der Waals surface area contributed by atoms with Crippen LogP contribution < -0.4 is 22.1 Å². The summed E-state index contributed by atoms with van der Waals surface area (Å²) in [5.74, 6) is 0.241. The predicted octanol–water partition coefficient (Wildman–Crippen LogP) is 2.83. The van der Waals surface area contributed by atoms with E-state index in [1.807, 2.05) is 31.2 Å². The third kappa shape index (κ3) is 11.6. The Kier molecular flexibility index (Phi) is 13.0. The van der Waals surface area contributed by atoms with Gasteiger partial charge in [-0.25, -0.2) is 0 Å². The summed E-state index contributed by atoms with van der Waals surface area (Å²) in [7, 11) is 3.23. The molecule has 0 saturated heterocycles. The van der Waals surface area contributed by atoms with E-state index in [0.29, 0.717) is 36.8 Å². The molecule has 0 spiro atoms. The Hall–Kier alpha value is -3.07. The fourth-order valence-corrected chi connectivity index (χ4v) is 3.45. The Morgan fingerprint density at radius 3 is 2.33 bits per heavy atom. The number of amides is 2. The minimum absolute atomic E-state index is 0.0576. The lowest BCUT2D eigenvalue weighted by molar-refractivity contribution is -0.114. The van der Waals surface area contributed by atoms with E-state index >= 15 is 0 Å². The molecule has 0 saturated carbocycles. The molecule has 1 aromatic carbocycles. The lowest BCUT2D eigenvalue weighted by atomic mass is 9.86. The number of amidine groups is 1. The van der Waals surface area contributed by atoms with Gasteiger partial charge >= 0.3 is 0 Å². The van der Waals surface area contributed by atoms with E-state index in [-0.39, 0.29) is 29.4 Å². The molecular weight excluding hydrogens is 454 g/mol. The van der Waals surface area contributed by atoms with Crippen LogP contribution in [-0.4, -0.2) is 62.4 Å². The van der Waals surface area contributed by atoms with Crippen LogP contribution in [-0.2, 0) is 10.2 Å². The van der Waals surface area contributed by atoms with Crippen LogP contribution in [0.2, 0.25) is 0 Å². The number of hydrogen-bond donors (Lipinski definition) is 4. The fraction of sp³-hybridized carbons (Fsp3) is 0.593. The lowest BCUT2D eigenvalue weighted by Crippen LogP contribution is -2.34. The molecule has 0 bridgehead atoms. The summed E-state index contributed by atoms with van der Waals surface area (Å²) in [6.07, 6.45) is 1.73. The molecule has 0 radical (unpaired) electrons. The number of benzene rings is 1. The third-order valence-corrected chi connectivity index (χ3v) is 5.84. The maximum absolute atomic E-state index is 12.5. The summed E-state index contributed by atoms with van der Waals surface area (Å²) in [6, 6.07) is 7.77. The number of nitrogens with zero attached hydrogens (tertiary/aromatic N) is 3. The predicted molar refractivity (Wildman–Crippen MR) is 150 cm³/mol. The summed E-state index contributed by atoms with van der Waals surface area (Å²) >= 11 is 0. The molecule has 9 nitrogen and oxygen atoms in total. The number of carbonyl (C=O) groups is 2. The normalized spacial score (nSPS) is 14.8. The molecule has 0 fully saturated rings. The number of nitrogens with two attached hydrogens (primary N) is 2. The van der Waals surface area contributed by atoms with Crippen LogP contribution in [0, 0.1) is 5.92 Å². The molecule has 0 aliphatic rings. The first kappa shape index (κ1) is 31.0. The minimum atomic E-state index is -0.568. The highest BCUT2D eigenvalue weighted by molar-refractivity contribution is 6.42. The van der Waals surface area contributed by atoms with Crippen molar-refractivity contribution < 1.29 is 9.59 Å². The van der Waals surface area contributed by atoms with E-state index in [2.05, 4.69) is 53.3 Å². The summed E-state index contributed by atoms with van der Waals surface area (Å²) in [5.41, 5.74) is 15.1. The number of rotatable bonds is 13. The van der Waals surface area contributed by atoms with Gasteiger partial charge in [-0.3, -0.25) is 24.6 Å². The number of hydrogen-bond acceptors (Lipinski definition) is 6. The monoisotopic (exact) mass is 499 g/mol. The molecule has 2 amide bonds. The zero-order chi connectivity index (χ0) is 27.3. The van der Waals surface area contributed by atoms with Crippen molar-refractivity contribution in [2.24, 2.45) is 32.4 Å². The lowest BCUT2D eigenvalue weighted by Gasteiger charge is -2.19. The van der Waals surface area contributed by atoms with Crippen molar-refractivity contribution in [3.8, 4) is 0 Å². The number of aliphatic imine (C=N–C) groups is 3. The molecule has 2 unspecified atom stereocenters. The maximum atomic E-state index is 12.5. The average Bonchev–Trinajstić information content (AvgIpc) is 2.83. The quantitative estimate of drug-likeness (QED) is 0.188. The molecule has 6 N–H and O–H groups in total. The Morgan fingerprint density at radius 2 is 1.78 bits per heavy atom. The Balaban J connectivity index is 2.50. The van der Waals surface area contributed by atoms with Gasteiger partial charge in [0, 0.05) is 44.9 Å². The molecule has 2 atom stereocenters. The van der Waals surface area contributed by atoms with Crippen LogP contribution in [0.1, 0.15) is 76.2 Å². The van der Waals surface area contributed by atoms with E-state index in [0.717, 1.165) is 18.6 Å². The Bertz CT molecular complexity index is 944. The van der Waals surface area contributed by atoms with E-state index < -0.39 is 6.17 Å². The minimum Gasteiger partial charge on any atom is -0.387 e. The van der Waals surface area contributed by atoms with Gasteiger partial charge in [0.2, 0.25) is 0 Å². The van der Waals surface area contributed by atoms with Crippen LogP contribution in [0.15, 0.2) is 39.2 Å². The van der Waals surface area contributed by atoms with Gasteiger partial charge in [-0.2, -0.15) is 0 Å². The SMILES string of the molecule is CN=C(C)CC(N)N=C(CC(N)=NCCCC(C)CNC(=O)c1ccc(C(C)(C)C)cc1)C(=O)NC. The first-order valence-corrected chi connectivity index (χ1v) is 12.5. The molecule has 9 heteroatoms. The van der Waals surface area contributed by atoms with Gasteiger partial charge in [0.1, 0.15) is 11.9 Å². The van der Waals surface area contributed by atoms with Crippen molar-refractivity contribution in [3.63, 3.8) is 0 Å². The van der Waals surface area contributed by atoms with Crippen LogP contribution in [0.3, 0.4) is 0 Å². The smallest absolute Gasteiger partial charge is 0.265 e. The average molecular weight is 500 g/mol. The summed E-state index contributed by atoms with van der Waals surface area (Å²) in [5, 5.41) is 5.58. The molecule has 1 rings (SSSR count). The summed E-state index contributed by atoms with van der Waals surface area (Å²) in [6.45, 7) is 11.5. The molecular formula is C27H45N7O2. The van der Waals surface area contributed by atoms with Gasteiger partial charge in [0.15, 0.2) is 0 Å². The van der Waals surface area contributed by atoms with Crippen molar-refractivity contribution in [2.45, 2.75) is 71.9 Å². The van der Waals surface area contributed by atoms with Crippen LogP contribution in [0.4, 0.5) is 0 Å². The van der Waals surface area contributed by atoms with Gasteiger partial charge in [0.05, 0.1) is 12.3 Å². The zero-order valence-corrected chi connectivity index (χ0v) is 23.0. The fourth-order valence-electron chi connectivity index (χ4n) is 3.45. The van der Waals surface area contributed by atoms with Crippen LogP contribution >= 0.6 is 0 Å². The summed E-state index contributed by atoms with van der Waals surface area (Å²) in [4.78, 5) is 37.4. The van der Waals surface area contributed by atoms with Crippen LogP contribution in [0.5, 0.6) is 0 Å². The van der Waals surface area contributed by atoms with Crippen molar-refractivity contribution in [3.05, 3.63) is 35.4 Å². The van der Waals surface area contributed by atoms with E-state index in [4.69, 9.17) is 11.5 Å². The largest absolute Gasteiger partial charge is 0.387 e. The van der Waals surface area contributed by atoms with Gasteiger partial charge in [-0.15, -0.1) is 0 Å². The second kappa shape index (κ2) is 15.1. The first-order valence-electron chi connectivity index (χ1n) is 12.5. The summed E-state index contributed by atoms with van der Waals surface area (Å²) < 4.78 is 0. The standard InChI is InChI=1S/C27H45N7O2/c1-18(17-33-25(35)20-10-12-21(13-11-20)27(3,4)5)9-8-14-32-23(28)16-22(26(36)31-7)34-24(29)15-19(2)30-6/h10-13,18,24H,8-9,14-17,29H2,1-7H3,(H2,28,32)(H,31,36)(H,33,35). The van der Waals surface area contributed by atoms with Crippen molar-refractivity contribution in [2.75, 3.05) is 27.2 Å². The highest BCUT2D eigenvalue weighted by Crippen LogP contribution is 2.22. The molecule has 0 aromatic heterocycles. The van der Waals surface area contributed by atoms with Crippen molar-refractivity contribution in [1.82, 2.24) is 10.6 Å². The molecule has 200 valence electrons. The number of nitrogens with one attached hydrogen (secondary N) is 2. The van der Waals surface area contributed by atoms with Gasteiger partial charge in [-0.05, 0) is 48.8 Å². The van der Waals surface area contributed by atoms with E-state index in [1.54, 1.807) is 7.05 Å². The molecule has 1 aromatic rings. The topological polar surface area (TPSA) is 147 Å². The molecule has 0 heterocycles. The van der Waals surface area contributed by atoms with E-state index in [1.165, 1.54) is 12.6 Å². The van der Waals surface area contributed by atoms with Crippen LogP contribution in [0.25, 0.3) is 0 Å². The van der Waals surface area contributed by atoms with E-state index in [9.17, 15) is 9.59 Å². The second-order valence-corrected chi connectivity index (χ2v) is 10.2. The third-order valence-electron chi connectivity index (χ3n) is 5.84. The van der Waals surface area contributed by atoms with Gasteiger partial charge in [-0.1, -0.05) is 39.8 Å². The van der Waals surface area contributed by atoms with Crippen molar-refractivity contribution >= 4 is 29.1 Å². The molecule has 0 aliphatic heterocycles. The van der Waals surface area contributed by atoms with Crippen molar-refractivity contribution in [1.29, 1.82) is 0 Å². The first-order chi connectivity index (χ1) is 16.9. The Morgan fingerprint density at radius 1 is 1.14 bits per heavy atom. The zero-order valence-electron chi connectivity index (χ0n) is 23.0. The molecule has 36 heavy (non-hydrogen) atoms. The second-order valence-electron chi connectivity index (χ2n) is 10.2. The highest BCUT2D eigenvalue weighted by Gasteiger charge is 2.16. The number of carbonyl (C=O) groups excluding carboxylic acids is 2. The highest BCUT2D eigenvalue weighted by atomic mass is 16.2. The maximum Gasteiger partial charge on any atom is 0.265 e. The van der Waals surface area contributed by atoms with Gasteiger partial charge < -0.3 is 22.1 Å². The molecule has 0 aliphatic carbocycles.